The fraction of sp³-hybridized carbons (Fsp3) is 0.463. The molecule has 14 nitrogen and oxygen atoms in total. The summed E-state index contributed by atoms with van der Waals surface area (Å²) in [5, 5.41) is 2.34. The average Bonchev–Trinajstić information content (AvgIpc) is 3.50. The maximum atomic E-state index is 13.9. The molecule has 16 heteroatoms. The van der Waals surface area contributed by atoms with Crippen molar-refractivity contribution in [1.82, 2.24) is 14.4 Å². The first-order chi connectivity index (χ1) is 27.4. The highest BCUT2D eigenvalue weighted by atomic mass is 32.2. The smallest absolute Gasteiger partial charge is 0.333 e. The summed E-state index contributed by atoms with van der Waals surface area (Å²) in [6.07, 6.45) is 8.11. The van der Waals surface area contributed by atoms with E-state index in [9.17, 15) is 35.8 Å². The van der Waals surface area contributed by atoms with Crippen molar-refractivity contribution in [3.05, 3.63) is 74.3 Å². The molecule has 1 saturated heterocycles. The molecule has 6 aliphatic heterocycles. The third-order valence-electron chi connectivity index (χ3n) is 12.0. The molecular weight excluding hydrogens is 773 g/mol. The zero-order valence-corrected chi connectivity index (χ0v) is 33.2. The third kappa shape index (κ3) is 6.83. The third-order valence-corrected chi connectivity index (χ3v) is 14.4. The molecule has 9 rings (SSSR count). The number of aryl methyl sites for hydroxylation is 2. The monoisotopic (exact) mass is 816 g/mol. The molecule has 300 valence electrons. The van der Waals surface area contributed by atoms with Gasteiger partial charge in [-0.05, 0) is 87.3 Å². The molecule has 3 aromatic rings. The van der Waals surface area contributed by atoms with E-state index in [2.05, 4.69) is 26.3 Å². The van der Waals surface area contributed by atoms with Gasteiger partial charge in [-0.1, -0.05) is 6.42 Å². The highest BCUT2D eigenvalue weighted by Crippen LogP contribution is 2.49. The maximum Gasteiger partial charge on any atom is 0.333 e. The minimum atomic E-state index is -5.08. The Balaban J connectivity index is 1.09. The number of anilines is 1. The van der Waals surface area contributed by atoms with Crippen molar-refractivity contribution < 1.29 is 45.3 Å². The van der Waals surface area contributed by atoms with Crippen LogP contribution in [0, 0.1) is 0 Å². The van der Waals surface area contributed by atoms with Gasteiger partial charge in [0.05, 0.1) is 15.4 Å². The van der Waals surface area contributed by atoms with Gasteiger partial charge in [0, 0.05) is 90.5 Å². The Morgan fingerprint density at radius 1 is 0.807 bits per heavy atom. The first-order valence-electron chi connectivity index (χ1n) is 20.0. The van der Waals surface area contributed by atoms with Crippen LogP contribution < -0.4 is 29.5 Å². The lowest BCUT2D eigenvalue weighted by molar-refractivity contribution is -0.197. The molecule has 1 N–H and O–H groups in total. The number of rotatable bonds is 11. The second kappa shape index (κ2) is 14.6. The van der Waals surface area contributed by atoms with E-state index in [0.29, 0.717) is 52.2 Å². The Morgan fingerprint density at radius 3 is 2.30 bits per heavy atom. The largest absolute Gasteiger partial charge is 0.744 e. The van der Waals surface area contributed by atoms with Crippen LogP contribution in [0.15, 0.2) is 40.1 Å². The molecule has 0 radical (unpaired) electrons. The Bertz CT molecular complexity index is 2600. The number of benzene rings is 3. The molecule has 0 atom stereocenters. The molecule has 0 aliphatic carbocycles. The van der Waals surface area contributed by atoms with Crippen LogP contribution in [-0.2, 0) is 65.0 Å². The number of hydroxylamine groups is 2. The van der Waals surface area contributed by atoms with Crippen LogP contribution in [0.5, 0.6) is 11.5 Å². The minimum Gasteiger partial charge on any atom is -0.744 e. The molecule has 3 aromatic carbocycles. The number of imide groups is 1. The summed E-state index contributed by atoms with van der Waals surface area (Å²) in [4.78, 5) is 42.2. The highest BCUT2D eigenvalue weighted by molar-refractivity contribution is 7.89. The predicted octanol–water partition coefficient (Wildman–Crippen LogP) is 2.47. The van der Waals surface area contributed by atoms with Gasteiger partial charge in [0.25, 0.3) is 11.8 Å². The first-order valence-corrected chi connectivity index (χ1v) is 22.9. The van der Waals surface area contributed by atoms with E-state index in [-0.39, 0.29) is 36.3 Å². The van der Waals surface area contributed by atoms with Crippen molar-refractivity contribution >= 4 is 49.2 Å². The van der Waals surface area contributed by atoms with Crippen molar-refractivity contribution in [3.63, 3.8) is 0 Å². The van der Waals surface area contributed by atoms with E-state index in [1.165, 1.54) is 17.1 Å². The number of fused-ring (bicyclic) bond motifs is 4. The van der Waals surface area contributed by atoms with Crippen molar-refractivity contribution in [2.75, 3.05) is 37.6 Å². The van der Waals surface area contributed by atoms with Gasteiger partial charge in [-0.15, -0.1) is 5.06 Å². The molecule has 0 bridgehead atoms. The lowest BCUT2D eigenvalue weighted by Gasteiger charge is -2.39. The van der Waals surface area contributed by atoms with E-state index in [1.54, 1.807) is 0 Å². The number of sulfonamides is 1. The zero-order valence-electron chi connectivity index (χ0n) is 31.6. The molecule has 0 saturated carbocycles. The van der Waals surface area contributed by atoms with Crippen molar-refractivity contribution in [2.24, 2.45) is 0 Å². The fourth-order valence-electron chi connectivity index (χ4n) is 9.56. The number of ether oxygens (including phenoxy) is 1. The predicted molar refractivity (Wildman–Crippen MR) is 206 cm³/mol. The van der Waals surface area contributed by atoms with Crippen LogP contribution in [-0.4, -0.2) is 77.0 Å². The fourth-order valence-corrected chi connectivity index (χ4v) is 11.3. The number of carbonyl (C=O) groups excluding carboxylic acids is 3. The Kier molecular flexibility index (Phi) is 9.73. The Morgan fingerprint density at radius 2 is 1.53 bits per heavy atom. The average molecular weight is 817 g/mol. The Labute approximate surface area is 330 Å². The quantitative estimate of drug-likeness (QED) is 0.102. The number of unbranched alkanes of at least 4 members (excludes halogenated alkanes) is 2. The molecular formula is C41H44N4O10S2. The Hall–Kier alpha value is -4.64. The summed E-state index contributed by atoms with van der Waals surface area (Å²) in [6, 6.07) is 7.70. The number of nitrogens with one attached hydrogen (secondary N) is 1. The van der Waals surface area contributed by atoms with Crippen molar-refractivity contribution in [2.45, 2.75) is 99.7 Å². The molecule has 57 heavy (non-hydrogen) atoms. The summed E-state index contributed by atoms with van der Waals surface area (Å²) in [7, 11) is -9.28. The number of hydrogen-bond acceptors (Lipinski definition) is 11. The zero-order chi connectivity index (χ0) is 39.6. The van der Waals surface area contributed by atoms with Crippen LogP contribution in [0.3, 0.4) is 0 Å². The van der Waals surface area contributed by atoms with E-state index in [1.807, 2.05) is 0 Å². The molecule has 2 amide bonds. The standard InChI is InChI=1S/C41H44N4O10S2/c46-34-15-16-35(47)45(34)55-36(48)12-2-1-3-17-42-56(49,50)27-13-14-33(57(51,52)53)30(24-27)37-31-22-25-8-4-18-43-20-6-10-28(38(25)43)40(31)54-41-29-11-7-21-44-19-5-9-26(39(29)44)23-32(37)41/h13-14,22-24,42H,1-12,15-21H2. The SMILES string of the molecule is O=C(CCCCCNS(=O)(=O)c1ccc(S(=O)(=O)[O-])c(C2=c3cc4c5c(c3Oc3c2cc2c6c3CCCN6CCC2)CCC[N+]=5CCC4)c1)ON1C(=O)CCC1=O. The summed E-state index contributed by atoms with van der Waals surface area (Å²) >= 11 is 0. The van der Waals surface area contributed by atoms with E-state index in [0.717, 1.165) is 112 Å². The van der Waals surface area contributed by atoms with Crippen LogP contribution in [0.1, 0.15) is 97.6 Å². The number of amides is 2. The molecule has 1 fully saturated rings. The van der Waals surface area contributed by atoms with Gasteiger partial charge in [0.2, 0.25) is 15.4 Å². The number of carbonyl (C=O) groups is 3. The lowest BCUT2D eigenvalue weighted by Crippen LogP contribution is -2.45. The van der Waals surface area contributed by atoms with Crippen molar-refractivity contribution in [1.29, 1.82) is 0 Å². The maximum absolute atomic E-state index is 13.9. The molecule has 0 aromatic heterocycles. The van der Waals surface area contributed by atoms with Crippen LogP contribution in [0.4, 0.5) is 5.69 Å². The van der Waals surface area contributed by atoms with Gasteiger partial charge in [-0.3, -0.25) is 9.59 Å². The second-order valence-corrected chi connectivity index (χ2v) is 18.8. The van der Waals surface area contributed by atoms with Gasteiger partial charge in [0.15, 0.2) is 0 Å². The first kappa shape index (κ1) is 37.9. The lowest BCUT2D eigenvalue weighted by atomic mass is 9.82. The second-order valence-electron chi connectivity index (χ2n) is 15.7. The number of hydrogen-bond donors (Lipinski definition) is 1. The van der Waals surface area contributed by atoms with Gasteiger partial charge >= 0.3 is 5.97 Å². The number of nitrogens with zero attached hydrogens (tertiary/aromatic N) is 3. The summed E-state index contributed by atoms with van der Waals surface area (Å²) in [5.41, 5.74) is 6.76. The van der Waals surface area contributed by atoms with Crippen LogP contribution in [0.2, 0.25) is 0 Å². The van der Waals surface area contributed by atoms with Crippen LogP contribution in [0.25, 0.3) is 5.57 Å². The summed E-state index contributed by atoms with van der Waals surface area (Å²) < 4.78 is 79.1. The molecule has 0 unspecified atom stereocenters. The van der Waals surface area contributed by atoms with Crippen molar-refractivity contribution in [3.8, 4) is 11.5 Å². The van der Waals surface area contributed by atoms with Gasteiger partial charge in [-0.25, -0.2) is 30.9 Å². The normalized spacial score (nSPS) is 18.5. The molecule has 6 heterocycles. The van der Waals surface area contributed by atoms with Gasteiger partial charge < -0.3 is 19.0 Å². The molecule has 6 aliphatic rings. The van der Waals surface area contributed by atoms with Crippen LogP contribution >= 0.6 is 0 Å². The molecule has 0 spiro atoms. The minimum absolute atomic E-state index is 0.000634. The highest BCUT2D eigenvalue weighted by Gasteiger charge is 2.37. The van der Waals surface area contributed by atoms with E-state index in [4.69, 9.17) is 9.57 Å². The van der Waals surface area contributed by atoms with E-state index < -0.39 is 42.8 Å². The van der Waals surface area contributed by atoms with E-state index >= 15 is 0 Å². The van der Waals surface area contributed by atoms with Gasteiger partial charge in [0.1, 0.15) is 34.7 Å². The summed E-state index contributed by atoms with van der Waals surface area (Å²) in [6.45, 7) is 3.80. The van der Waals surface area contributed by atoms with Gasteiger partial charge in [-0.2, -0.15) is 0 Å². The summed E-state index contributed by atoms with van der Waals surface area (Å²) in [5.74, 6) is -0.547. The topological polar surface area (TPSA) is 183 Å².